The fourth-order valence-corrected chi connectivity index (χ4v) is 5.89. The van der Waals surface area contributed by atoms with E-state index in [1.54, 1.807) is 23.5 Å². The first-order chi connectivity index (χ1) is 16.5. The first kappa shape index (κ1) is 24.7. The Bertz CT molecular complexity index is 1310. The van der Waals surface area contributed by atoms with Crippen LogP contribution in [-0.2, 0) is 22.9 Å². The van der Waals surface area contributed by atoms with Crippen molar-refractivity contribution in [3.8, 4) is 21.8 Å². The zero-order valence-corrected chi connectivity index (χ0v) is 21.4. The third-order valence-electron chi connectivity index (χ3n) is 5.70. The van der Waals surface area contributed by atoms with Crippen molar-refractivity contribution >= 4 is 33.0 Å². The molecule has 0 atom stereocenters. The van der Waals surface area contributed by atoms with Crippen LogP contribution in [0.25, 0.3) is 21.8 Å². The van der Waals surface area contributed by atoms with Gasteiger partial charge < -0.3 is 0 Å². The summed E-state index contributed by atoms with van der Waals surface area (Å²) in [5.74, 6) is 0. The van der Waals surface area contributed by atoms with Crippen LogP contribution in [0.15, 0.2) is 70.9 Å². The highest BCUT2D eigenvalue weighted by atomic mass is 35.5. The summed E-state index contributed by atoms with van der Waals surface area (Å²) in [6, 6.07) is 18.7. The number of benzene rings is 2. The molecule has 4 aromatic rings. The van der Waals surface area contributed by atoms with Gasteiger partial charge in [-0.15, -0.1) is 11.3 Å². The number of hydrogen-bond acceptors (Lipinski definition) is 4. The Balaban J connectivity index is 1.50. The van der Waals surface area contributed by atoms with Gasteiger partial charge in [-0.05, 0) is 60.5 Å². The fraction of sp³-hybridized carbons (Fsp3) is 0.269. The quantitative estimate of drug-likeness (QED) is 0.219. The fourth-order valence-electron chi connectivity index (χ4n) is 3.92. The molecule has 2 aromatic heterocycles. The van der Waals surface area contributed by atoms with E-state index in [2.05, 4.69) is 21.8 Å². The van der Waals surface area contributed by atoms with Gasteiger partial charge in [-0.3, -0.25) is 5.10 Å². The van der Waals surface area contributed by atoms with Crippen molar-refractivity contribution in [2.45, 2.75) is 43.9 Å². The van der Waals surface area contributed by atoms with Crippen LogP contribution in [0, 0.1) is 0 Å². The van der Waals surface area contributed by atoms with Gasteiger partial charge in [0.05, 0.1) is 21.2 Å². The second-order valence-corrected chi connectivity index (χ2v) is 11.3. The van der Waals surface area contributed by atoms with E-state index < -0.39 is 10.0 Å². The lowest BCUT2D eigenvalue weighted by Crippen LogP contribution is -2.26. The van der Waals surface area contributed by atoms with Crippen LogP contribution in [0.4, 0.5) is 0 Å². The standard InChI is InChI=1S/C26H28ClN3O2S2/c1-2-3-4-7-19-11-13-22(14-12-19)34(31,32)28-16-15-23-25(20-8-5-9-21(27)18-20)29-30-26(23)24-10-6-17-33-24/h5-6,8-14,17-18,28H,2-4,7,15-16H2,1H3,(H,29,30). The predicted molar refractivity (Wildman–Crippen MR) is 141 cm³/mol. The van der Waals surface area contributed by atoms with E-state index in [0.717, 1.165) is 45.8 Å². The summed E-state index contributed by atoms with van der Waals surface area (Å²) in [5, 5.41) is 10.3. The summed E-state index contributed by atoms with van der Waals surface area (Å²) in [4.78, 5) is 1.34. The number of nitrogens with zero attached hydrogens (tertiary/aromatic N) is 1. The second kappa shape index (κ2) is 11.3. The van der Waals surface area contributed by atoms with Crippen molar-refractivity contribution in [2.75, 3.05) is 6.54 Å². The molecule has 0 amide bonds. The largest absolute Gasteiger partial charge is 0.276 e. The predicted octanol–water partition coefficient (Wildman–Crippen LogP) is 6.71. The van der Waals surface area contributed by atoms with Crippen molar-refractivity contribution in [1.82, 2.24) is 14.9 Å². The maximum Gasteiger partial charge on any atom is 0.240 e. The molecular weight excluding hydrogens is 486 g/mol. The Labute approximate surface area is 210 Å². The van der Waals surface area contributed by atoms with Crippen molar-refractivity contribution in [3.63, 3.8) is 0 Å². The molecule has 0 aliphatic carbocycles. The minimum atomic E-state index is -3.61. The highest BCUT2D eigenvalue weighted by Gasteiger charge is 2.19. The normalized spacial score (nSPS) is 11.7. The topological polar surface area (TPSA) is 74.8 Å². The van der Waals surface area contributed by atoms with Gasteiger partial charge in [0.25, 0.3) is 0 Å². The van der Waals surface area contributed by atoms with E-state index in [1.807, 2.05) is 53.9 Å². The highest BCUT2D eigenvalue weighted by Crippen LogP contribution is 2.33. The smallest absolute Gasteiger partial charge is 0.240 e. The van der Waals surface area contributed by atoms with Crippen molar-refractivity contribution < 1.29 is 8.42 Å². The third kappa shape index (κ3) is 5.96. The summed E-state index contributed by atoms with van der Waals surface area (Å²) >= 11 is 7.81. The van der Waals surface area contributed by atoms with Gasteiger partial charge in [0.2, 0.25) is 10.0 Å². The molecular formula is C26H28ClN3O2S2. The van der Waals surface area contributed by atoms with Crippen LogP contribution in [0.5, 0.6) is 0 Å². The zero-order valence-electron chi connectivity index (χ0n) is 19.1. The molecule has 8 heteroatoms. The van der Waals surface area contributed by atoms with Gasteiger partial charge in [-0.1, -0.05) is 61.7 Å². The molecule has 0 saturated heterocycles. The number of aryl methyl sites for hydroxylation is 1. The summed E-state index contributed by atoms with van der Waals surface area (Å²) in [6.07, 6.45) is 4.92. The van der Waals surface area contributed by atoms with Crippen LogP contribution in [0.1, 0.15) is 37.3 Å². The monoisotopic (exact) mass is 513 g/mol. The lowest BCUT2D eigenvalue weighted by Gasteiger charge is -2.09. The number of halogens is 1. The van der Waals surface area contributed by atoms with Crippen molar-refractivity contribution in [1.29, 1.82) is 0 Å². The number of H-pyrrole nitrogens is 1. The molecule has 34 heavy (non-hydrogen) atoms. The lowest BCUT2D eigenvalue weighted by molar-refractivity contribution is 0.581. The van der Waals surface area contributed by atoms with E-state index in [9.17, 15) is 8.42 Å². The van der Waals surface area contributed by atoms with Crippen LogP contribution >= 0.6 is 22.9 Å². The molecule has 0 saturated carbocycles. The highest BCUT2D eigenvalue weighted by molar-refractivity contribution is 7.89. The van der Waals surface area contributed by atoms with Crippen molar-refractivity contribution in [2.24, 2.45) is 0 Å². The lowest BCUT2D eigenvalue weighted by atomic mass is 10.0. The average molecular weight is 514 g/mol. The Morgan fingerprint density at radius 1 is 1.03 bits per heavy atom. The van der Waals surface area contributed by atoms with Gasteiger partial charge in [0, 0.05) is 22.7 Å². The molecule has 2 aromatic carbocycles. The number of aromatic amines is 1. The number of unbranched alkanes of at least 4 members (excludes halogenated alkanes) is 2. The number of thiophene rings is 1. The van der Waals surface area contributed by atoms with E-state index in [4.69, 9.17) is 11.6 Å². The van der Waals surface area contributed by atoms with Gasteiger partial charge in [0.15, 0.2) is 0 Å². The molecule has 2 N–H and O–H groups in total. The number of rotatable bonds is 11. The van der Waals surface area contributed by atoms with Gasteiger partial charge >= 0.3 is 0 Å². The maximum absolute atomic E-state index is 12.9. The summed E-state index contributed by atoms with van der Waals surface area (Å²) in [5.41, 5.74) is 4.70. The van der Waals surface area contributed by atoms with E-state index in [1.165, 1.54) is 12.8 Å². The molecule has 4 rings (SSSR count). The van der Waals surface area contributed by atoms with Crippen LogP contribution in [0.2, 0.25) is 5.02 Å². The SMILES string of the molecule is CCCCCc1ccc(S(=O)(=O)NCCc2c(-c3cccc(Cl)c3)n[nH]c2-c2cccs2)cc1. The molecule has 2 heterocycles. The average Bonchev–Trinajstić information content (AvgIpc) is 3.50. The molecule has 0 spiro atoms. The Kier molecular flexibility index (Phi) is 8.21. The first-order valence-electron chi connectivity index (χ1n) is 11.4. The summed E-state index contributed by atoms with van der Waals surface area (Å²) in [7, 11) is -3.61. The van der Waals surface area contributed by atoms with E-state index in [0.29, 0.717) is 11.4 Å². The zero-order chi connectivity index (χ0) is 24.0. The minimum Gasteiger partial charge on any atom is -0.276 e. The second-order valence-electron chi connectivity index (χ2n) is 8.16. The molecule has 0 aliphatic heterocycles. The van der Waals surface area contributed by atoms with Crippen LogP contribution < -0.4 is 4.72 Å². The maximum atomic E-state index is 12.9. The summed E-state index contributed by atoms with van der Waals surface area (Å²) in [6.45, 7) is 2.43. The summed E-state index contributed by atoms with van der Waals surface area (Å²) < 4.78 is 28.5. The van der Waals surface area contributed by atoms with E-state index in [-0.39, 0.29) is 11.4 Å². The number of sulfonamides is 1. The molecule has 0 bridgehead atoms. The Morgan fingerprint density at radius 2 is 1.85 bits per heavy atom. The number of hydrogen-bond donors (Lipinski definition) is 2. The van der Waals surface area contributed by atoms with Gasteiger partial charge in [0.1, 0.15) is 0 Å². The van der Waals surface area contributed by atoms with Gasteiger partial charge in [-0.25, -0.2) is 13.1 Å². The third-order valence-corrected chi connectivity index (χ3v) is 8.30. The molecule has 0 radical (unpaired) electrons. The van der Waals surface area contributed by atoms with Crippen LogP contribution in [-0.4, -0.2) is 25.2 Å². The molecule has 178 valence electrons. The van der Waals surface area contributed by atoms with Gasteiger partial charge in [-0.2, -0.15) is 5.10 Å². The van der Waals surface area contributed by atoms with Crippen molar-refractivity contribution in [3.05, 3.63) is 82.2 Å². The Morgan fingerprint density at radius 3 is 2.56 bits per heavy atom. The number of aromatic nitrogens is 2. The number of nitrogens with one attached hydrogen (secondary N) is 2. The van der Waals surface area contributed by atoms with Crippen LogP contribution in [0.3, 0.4) is 0 Å². The van der Waals surface area contributed by atoms with E-state index >= 15 is 0 Å². The first-order valence-corrected chi connectivity index (χ1v) is 14.2. The molecule has 0 aliphatic rings. The Hall–Kier alpha value is -2.45. The molecule has 5 nitrogen and oxygen atoms in total. The molecule has 0 fully saturated rings. The minimum absolute atomic E-state index is 0.256. The molecule has 0 unspecified atom stereocenters.